The molecular weight excluding hydrogens is 330 g/mol. The molecule has 1 aromatic rings. The van der Waals surface area contributed by atoms with Gasteiger partial charge < -0.3 is 10.1 Å². The first-order valence-electron chi connectivity index (χ1n) is 8.09. The van der Waals surface area contributed by atoms with Gasteiger partial charge in [-0.15, -0.1) is 0 Å². The van der Waals surface area contributed by atoms with E-state index in [0.717, 1.165) is 60.5 Å². The van der Waals surface area contributed by atoms with Gasteiger partial charge in [-0.2, -0.15) is 0 Å². The molecule has 4 nitrogen and oxygen atoms in total. The number of rotatable bonds is 10. The minimum Gasteiger partial charge on any atom is -0.371 e. The Morgan fingerprint density at radius 2 is 1.86 bits per heavy atom. The predicted molar refractivity (Wildman–Crippen MR) is 91.8 cm³/mol. The van der Waals surface area contributed by atoms with E-state index in [2.05, 4.69) is 42.0 Å². The van der Waals surface area contributed by atoms with Gasteiger partial charge >= 0.3 is 0 Å². The minimum atomic E-state index is -0.00844. The number of aromatic nitrogens is 2. The van der Waals surface area contributed by atoms with E-state index in [4.69, 9.17) is 14.7 Å². The smallest absolute Gasteiger partial charge is 0.159 e. The average molecular weight is 358 g/mol. The number of aryl methyl sites for hydroxylation is 1. The first kappa shape index (κ1) is 18.4. The second-order valence-electron chi connectivity index (χ2n) is 5.10. The van der Waals surface area contributed by atoms with Gasteiger partial charge in [-0.1, -0.05) is 33.6 Å². The van der Waals surface area contributed by atoms with Crippen LogP contribution < -0.4 is 5.32 Å². The van der Waals surface area contributed by atoms with Gasteiger partial charge in [0, 0.05) is 13.2 Å². The maximum atomic E-state index is 5.83. The zero-order valence-corrected chi connectivity index (χ0v) is 15.3. The summed E-state index contributed by atoms with van der Waals surface area (Å²) in [5.41, 5.74) is 1.07. The summed E-state index contributed by atoms with van der Waals surface area (Å²) < 4.78 is 6.83. The van der Waals surface area contributed by atoms with E-state index in [-0.39, 0.29) is 6.10 Å². The topological polar surface area (TPSA) is 47.0 Å². The van der Waals surface area contributed by atoms with Gasteiger partial charge in [0.1, 0.15) is 11.9 Å². The highest BCUT2D eigenvalue weighted by Gasteiger charge is 2.18. The molecule has 21 heavy (non-hydrogen) atoms. The van der Waals surface area contributed by atoms with Crippen molar-refractivity contribution >= 4 is 21.7 Å². The maximum absolute atomic E-state index is 5.83. The Labute approximate surface area is 137 Å². The fourth-order valence-corrected chi connectivity index (χ4v) is 2.69. The second-order valence-corrected chi connectivity index (χ2v) is 5.89. The van der Waals surface area contributed by atoms with Crippen LogP contribution in [-0.2, 0) is 11.2 Å². The van der Waals surface area contributed by atoms with Gasteiger partial charge in [0.2, 0.25) is 0 Å². The van der Waals surface area contributed by atoms with Crippen molar-refractivity contribution in [3.05, 3.63) is 16.0 Å². The molecule has 120 valence electrons. The fraction of sp³-hybridized carbons (Fsp3) is 0.750. The molecular formula is C16H28BrN3O. The molecule has 0 aromatic carbocycles. The van der Waals surface area contributed by atoms with E-state index in [1.165, 1.54) is 0 Å². The van der Waals surface area contributed by atoms with Crippen LogP contribution in [0.5, 0.6) is 0 Å². The van der Waals surface area contributed by atoms with Crippen molar-refractivity contribution in [2.45, 2.75) is 65.9 Å². The highest BCUT2D eigenvalue weighted by Crippen LogP contribution is 2.28. The van der Waals surface area contributed by atoms with Gasteiger partial charge in [0.25, 0.3) is 0 Å². The van der Waals surface area contributed by atoms with Gasteiger partial charge in [-0.3, -0.25) is 0 Å². The van der Waals surface area contributed by atoms with Gasteiger partial charge in [-0.05, 0) is 42.1 Å². The Balaban J connectivity index is 3.13. The van der Waals surface area contributed by atoms with E-state index >= 15 is 0 Å². The monoisotopic (exact) mass is 357 g/mol. The summed E-state index contributed by atoms with van der Waals surface area (Å²) in [6, 6.07) is 0. The van der Waals surface area contributed by atoms with Crippen LogP contribution in [0.3, 0.4) is 0 Å². The second kappa shape index (κ2) is 10.1. The van der Waals surface area contributed by atoms with Crippen LogP contribution >= 0.6 is 15.9 Å². The molecule has 0 aliphatic carbocycles. The van der Waals surface area contributed by atoms with Crippen molar-refractivity contribution in [1.29, 1.82) is 0 Å². The Bertz CT molecular complexity index is 420. The molecule has 0 fully saturated rings. The Morgan fingerprint density at radius 3 is 2.43 bits per heavy atom. The van der Waals surface area contributed by atoms with E-state index in [1.54, 1.807) is 0 Å². The summed E-state index contributed by atoms with van der Waals surface area (Å²) in [5.74, 6) is 1.70. The van der Waals surface area contributed by atoms with Crippen LogP contribution in [0, 0.1) is 0 Å². The van der Waals surface area contributed by atoms with Crippen LogP contribution in [0.15, 0.2) is 4.47 Å². The molecule has 1 N–H and O–H groups in total. The fourth-order valence-electron chi connectivity index (χ4n) is 2.17. The molecule has 0 aliphatic heterocycles. The SMILES string of the molecule is CCCNc1nc(C(CCC)OCC)nc(CCC)c1Br. The number of nitrogens with one attached hydrogen (secondary N) is 1. The van der Waals surface area contributed by atoms with Gasteiger partial charge in [0.15, 0.2) is 5.82 Å². The first-order chi connectivity index (χ1) is 10.2. The van der Waals surface area contributed by atoms with Crippen LogP contribution in [0.25, 0.3) is 0 Å². The molecule has 0 spiro atoms. The molecule has 1 atom stereocenters. The highest BCUT2D eigenvalue weighted by atomic mass is 79.9. The van der Waals surface area contributed by atoms with Gasteiger partial charge in [0.05, 0.1) is 10.2 Å². The average Bonchev–Trinajstić information content (AvgIpc) is 2.48. The number of anilines is 1. The third-order valence-corrected chi connectivity index (χ3v) is 4.01. The zero-order valence-electron chi connectivity index (χ0n) is 13.7. The van der Waals surface area contributed by atoms with E-state index < -0.39 is 0 Å². The van der Waals surface area contributed by atoms with E-state index in [0.29, 0.717) is 6.61 Å². The summed E-state index contributed by atoms with van der Waals surface area (Å²) in [6.45, 7) is 10.1. The Morgan fingerprint density at radius 1 is 1.10 bits per heavy atom. The van der Waals surface area contributed by atoms with Crippen molar-refractivity contribution < 1.29 is 4.74 Å². The minimum absolute atomic E-state index is 0.00844. The van der Waals surface area contributed by atoms with Gasteiger partial charge in [-0.25, -0.2) is 9.97 Å². The molecule has 0 saturated carbocycles. The molecule has 0 saturated heterocycles. The van der Waals surface area contributed by atoms with E-state index in [9.17, 15) is 0 Å². The third-order valence-electron chi connectivity index (χ3n) is 3.17. The van der Waals surface area contributed by atoms with Crippen LogP contribution in [-0.4, -0.2) is 23.1 Å². The lowest BCUT2D eigenvalue weighted by atomic mass is 10.1. The van der Waals surface area contributed by atoms with Crippen LogP contribution in [0.4, 0.5) is 5.82 Å². The summed E-state index contributed by atoms with van der Waals surface area (Å²) in [4.78, 5) is 9.44. The van der Waals surface area contributed by atoms with Crippen molar-refractivity contribution in [3.8, 4) is 0 Å². The van der Waals surface area contributed by atoms with Crippen LogP contribution in [0.1, 0.15) is 71.0 Å². The molecule has 0 radical (unpaired) electrons. The zero-order chi connectivity index (χ0) is 15.7. The molecule has 0 bridgehead atoms. The predicted octanol–water partition coefficient (Wildman–Crippen LogP) is 4.89. The summed E-state index contributed by atoms with van der Waals surface area (Å²) in [5, 5.41) is 3.39. The Hall–Kier alpha value is -0.680. The molecule has 0 amide bonds. The number of nitrogens with zero attached hydrogens (tertiary/aromatic N) is 2. The lowest BCUT2D eigenvalue weighted by Gasteiger charge is -2.18. The number of halogens is 1. The van der Waals surface area contributed by atoms with Crippen molar-refractivity contribution in [3.63, 3.8) is 0 Å². The molecule has 0 aliphatic rings. The van der Waals surface area contributed by atoms with Crippen molar-refractivity contribution in [2.75, 3.05) is 18.5 Å². The molecule has 1 aromatic heterocycles. The van der Waals surface area contributed by atoms with E-state index in [1.807, 2.05) is 6.92 Å². The number of hydrogen-bond donors (Lipinski definition) is 1. The largest absolute Gasteiger partial charge is 0.371 e. The quantitative estimate of drug-likeness (QED) is 0.647. The van der Waals surface area contributed by atoms with Crippen LogP contribution in [0.2, 0.25) is 0 Å². The summed E-state index contributed by atoms with van der Waals surface area (Å²) in [6.07, 6.45) is 5.08. The number of ether oxygens (including phenoxy) is 1. The normalized spacial score (nSPS) is 12.4. The molecule has 1 rings (SSSR count). The first-order valence-corrected chi connectivity index (χ1v) is 8.88. The Kier molecular flexibility index (Phi) is 8.85. The van der Waals surface area contributed by atoms with Crippen molar-refractivity contribution in [1.82, 2.24) is 9.97 Å². The summed E-state index contributed by atoms with van der Waals surface area (Å²) >= 11 is 3.65. The number of hydrogen-bond acceptors (Lipinski definition) is 4. The molecule has 1 unspecified atom stereocenters. The van der Waals surface area contributed by atoms with Crippen molar-refractivity contribution in [2.24, 2.45) is 0 Å². The summed E-state index contributed by atoms with van der Waals surface area (Å²) in [7, 11) is 0. The molecule has 5 heteroatoms. The molecule has 1 heterocycles. The lowest BCUT2D eigenvalue weighted by molar-refractivity contribution is 0.0493. The maximum Gasteiger partial charge on any atom is 0.159 e. The standard InChI is InChI=1S/C16H28BrN3O/c1-5-9-12-14(17)16(18-11-7-3)20-15(19-12)13(10-6-2)21-8-4/h13H,5-11H2,1-4H3,(H,18,19,20). The lowest BCUT2D eigenvalue weighted by Crippen LogP contribution is -2.14. The highest BCUT2D eigenvalue weighted by molar-refractivity contribution is 9.10. The third kappa shape index (κ3) is 5.55.